The van der Waals surface area contributed by atoms with E-state index in [9.17, 15) is 4.79 Å². The lowest BCUT2D eigenvalue weighted by Gasteiger charge is -2.40. The molecule has 5 heteroatoms. The van der Waals surface area contributed by atoms with Gasteiger partial charge in [0, 0.05) is 44.8 Å². The summed E-state index contributed by atoms with van der Waals surface area (Å²) < 4.78 is 2.15. The second-order valence-corrected chi connectivity index (χ2v) is 5.77. The van der Waals surface area contributed by atoms with Gasteiger partial charge in [-0.15, -0.1) is 0 Å². The molecule has 0 saturated carbocycles. The normalized spacial score (nSPS) is 21.2. The number of hydrogen-bond acceptors (Lipinski definition) is 3. The van der Waals surface area contributed by atoms with E-state index in [-0.39, 0.29) is 0 Å². The lowest BCUT2D eigenvalue weighted by Crippen LogP contribution is -2.50. The van der Waals surface area contributed by atoms with Crippen LogP contribution in [0.25, 0.3) is 0 Å². The number of likely N-dealkylation sites (tertiary alicyclic amines) is 2. The van der Waals surface area contributed by atoms with Crippen LogP contribution < -0.4 is 0 Å². The Morgan fingerprint density at radius 2 is 2.11 bits per heavy atom. The highest BCUT2D eigenvalue weighted by Gasteiger charge is 2.30. The summed E-state index contributed by atoms with van der Waals surface area (Å²) in [7, 11) is 0. The molecular formula is C14H22N4O. The highest BCUT2D eigenvalue weighted by Crippen LogP contribution is 2.22. The Morgan fingerprint density at radius 1 is 1.32 bits per heavy atom. The van der Waals surface area contributed by atoms with Crippen molar-refractivity contribution < 1.29 is 4.79 Å². The Labute approximate surface area is 114 Å². The number of hydrogen-bond donors (Lipinski definition) is 0. The predicted octanol–water partition coefficient (Wildman–Crippen LogP) is 0.979. The summed E-state index contributed by atoms with van der Waals surface area (Å²) in [6.45, 7) is 9.12. The smallest absolute Gasteiger partial charge is 0.222 e. The number of carbonyl (C=O) groups excluding carboxylic acids is 1. The number of rotatable bonds is 4. The van der Waals surface area contributed by atoms with Crippen LogP contribution in [0.4, 0.5) is 0 Å². The summed E-state index contributed by atoms with van der Waals surface area (Å²) in [6.07, 6.45) is 1.78. The highest BCUT2D eigenvalue weighted by molar-refractivity contribution is 5.78. The van der Waals surface area contributed by atoms with Crippen molar-refractivity contribution in [3.63, 3.8) is 0 Å². The molecule has 1 aromatic rings. The van der Waals surface area contributed by atoms with Gasteiger partial charge in [0.2, 0.25) is 5.91 Å². The fraction of sp³-hybridized carbons (Fsp3) is 0.714. The van der Waals surface area contributed by atoms with E-state index in [0.717, 1.165) is 51.3 Å². The second kappa shape index (κ2) is 4.96. The van der Waals surface area contributed by atoms with Crippen LogP contribution >= 0.6 is 0 Å². The van der Waals surface area contributed by atoms with Crippen LogP contribution in [0.15, 0.2) is 6.07 Å². The summed E-state index contributed by atoms with van der Waals surface area (Å²) in [5, 5.41) is 4.54. The van der Waals surface area contributed by atoms with Gasteiger partial charge < -0.3 is 4.90 Å². The summed E-state index contributed by atoms with van der Waals surface area (Å²) in [4.78, 5) is 15.9. The van der Waals surface area contributed by atoms with Crippen LogP contribution in [-0.2, 0) is 4.79 Å². The van der Waals surface area contributed by atoms with E-state index in [4.69, 9.17) is 0 Å². The molecule has 104 valence electrons. The molecule has 2 fully saturated rings. The van der Waals surface area contributed by atoms with Crippen molar-refractivity contribution in [2.24, 2.45) is 0 Å². The third-order valence-electron chi connectivity index (χ3n) is 4.19. The predicted molar refractivity (Wildman–Crippen MR) is 73.0 cm³/mol. The van der Waals surface area contributed by atoms with Crippen LogP contribution in [0.3, 0.4) is 0 Å². The minimum Gasteiger partial charge on any atom is -0.341 e. The fourth-order valence-electron chi connectivity index (χ4n) is 3.10. The zero-order valence-corrected chi connectivity index (χ0v) is 11.8. The van der Waals surface area contributed by atoms with Gasteiger partial charge in [0.25, 0.3) is 0 Å². The van der Waals surface area contributed by atoms with Crippen LogP contribution in [0.5, 0.6) is 0 Å². The maximum Gasteiger partial charge on any atom is 0.222 e. The van der Waals surface area contributed by atoms with Gasteiger partial charge in [0.05, 0.1) is 11.7 Å². The fourth-order valence-corrected chi connectivity index (χ4v) is 3.10. The largest absolute Gasteiger partial charge is 0.341 e. The maximum absolute atomic E-state index is 11.5. The zero-order valence-electron chi connectivity index (χ0n) is 11.8. The molecule has 0 aromatic carbocycles. The third-order valence-corrected chi connectivity index (χ3v) is 4.19. The van der Waals surface area contributed by atoms with Crippen molar-refractivity contribution in [1.82, 2.24) is 19.6 Å². The van der Waals surface area contributed by atoms with Crippen LogP contribution in [0, 0.1) is 13.8 Å². The number of carbonyl (C=O) groups is 1. The quantitative estimate of drug-likeness (QED) is 0.812. The minimum atomic E-state index is 0.329. The van der Waals surface area contributed by atoms with Crippen LogP contribution in [0.2, 0.25) is 0 Å². The molecule has 3 heterocycles. The molecule has 3 rings (SSSR count). The first-order valence-electron chi connectivity index (χ1n) is 7.16. The molecule has 2 aliphatic rings. The van der Waals surface area contributed by atoms with Crippen molar-refractivity contribution >= 4 is 5.91 Å². The van der Waals surface area contributed by atoms with E-state index in [0.29, 0.717) is 11.9 Å². The molecule has 0 unspecified atom stereocenters. The van der Waals surface area contributed by atoms with E-state index in [1.54, 1.807) is 0 Å². The summed E-state index contributed by atoms with van der Waals surface area (Å²) in [5.41, 5.74) is 2.34. The molecule has 1 aromatic heterocycles. The highest BCUT2D eigenvalue weighted by atomic mass is 16.2. The standard InChI is InChI=1S/C14H22N4O/c1-11-8-12(2)18(15-11)13-9-16(10-13)6-7-17-5-3-4-14(17)19/h8,13H,3-7,9-10H2,1-2H3. The number of amides is 1. The van der Waals surface area contributed by atoms with Crippen molar-refractivity contribution in [3.8, 4) is 0 Å². The Balaban J connectivity index is 1.45. The molecule has 2 saturated heterocycles. The summed E-state index contributed by atoms with van der Waals surface area (Å²) in [5.74, 6) is 0.329. The van der Waals surface area contributed by atoms with Crippen molar-refractivity contribution in [2.75, 3.05) is 32.7 Å². The third kappa shape index (κ3) is 2.52. The van der Waals surface area contributed by atoms with Crippen molar-refractivity contribution in [1.29, 1.82) is 0 Å². The topological polar surface area (TPSA) is 41.4 Å². The molecule has 0 atom stereocenters. The van der Waals surface area contributed by atoms with Crippen molar-refractivity contribution in [3.05, 3.63) is 17.5 Å². The number of nitrogens with zero attached hydrogens (tertiary/aromatic N) is 4. The van der Waals surface area contributed by atoms with Gasteiger partial charge in [-0.2, -0.15) is 5.10 Å². The average Bonchev–Trinajstić information content (AvgIpc) is 2.84. The molecule has 2 aliphatic heterocycles. The SMILES string of the molecule is Cc1cc(C)n(C2CN(CCN3CCCC3=O)C2)n1. The average molecular weight is 262 g/mol. The first kappa shape index (κ1) is 12.7. The van der Waals surface area contributed by atoms with Gasteiger partial charge >= 0.3 is 0 Å². The molecular weight excluding hydrogens is 240 g/mol. The van der Waals surface area contributed by atoms with E-state index in [2.05, 4.69) is 27.7 Å². The molecule has 0 bridgehead atoms. The maximum atomic E-state index is 11.5. The molecule has 1 amide bonds. The first-order chi connectivity index (χ1) is 9.13. The van der Waals surface area contributed by atoms with E-state index in [1.807, 2.05) is 11.8 Å². The van der Waals surface area contributed by atoms with Gasteiger partial charge in [0.1, 0.15) is 0 Å². The molecule has 0 radical (unpaired) electrons. The Hall–Kier alpha value is -1.36. The summed E-state index contributed by atoms with van der Waals surface area (Å²) in [6, 6.07) is 2.65. The molecule has 0 spiro atoms. The number of aromatic nitrogens is 2. The first-order valence-corrected chi connectivity index (χ1v) is 7.16. The Morgan fingerprint density at radius 3 is 2.68 bits per heavy atom. The molecule has 0 N–H and O–H groups in total. The van der Waals surface area contributed by atoms with Gasteiger partial charge in [-0.05, 0) is 26.3 Å². The minimum absolute atomic E-state index is 0.329. The van der Waals surface area contributed by atoms with Gasteiger partial charge in [0.15, 0.2) is 0 Å². The monoisotopic (exact) mass is 262 g/mol. The van der Waals surface area contributed by atoms with Crippen LogP contribution in [0.1, 0.15) is 30.3 Å². The number of aryl methyl sites for hydroxylation is 2. The Bertz CT molecular complexity index is 476. The van der Waals surface area contributed by atoms with E-state index < -0.39 is 0 Å². The van der Waals surface area contributed by atoms with Crippen molar-refractivity contribution in [2.45, 2.75) is 32.7 Å². The Kier molecular flexibility index (Phi) is 3.31. The van der Waals surface area contributed by atoms with Gasteiger partial charge in [-0.1, -0.05) is 0 Å². The molecule has 0 aliphatic carbocycles. The lowest BCUT2D eigenvalue weighted by atomic mass is 10.1. The zero-order chi connectivity index (χ0) is 13.4. The summed E-state index contributed by atoms with van der Waals surface area (Å²) >= 11 is 0. The van der Waals surface area contributed by atoms with E-state index >= 15 is 0 Å². The molecule has 19 heavy (non-hydrogen) atoms. The molecule has 5 nitrogen and oxygen atoms in total. The van der Waals surface area contributed by atoms with Gasteiger partial charge in [-0.3, -0.25) is 14.4 Å². The second-order valence-electron chi connectivity index (χ2n) is 5.77. The van der Waals surface area contributed by atoms with Gasteiger partial charge in [-0.25, -0.2) is 0 Å². The lowest BCUT2D eigenvalue weighted by molar-refractivity contribution is -0.128. The van der Waals surface area contributed by atoms with E-state index in [1.165, 1.54) is 5.69 Å². The van der Waals surface area contributed by atoms with Crippen LogP contribution in [-0.4, -0.2) is 58.2 Å².